The van der Waals surface area contributed by atoms with E-state index >= 15 is 0 Å². The summed E-state index contributed by atoms with van der Waals surface area (Å²) >= 11 is 13.2. The third-order valence-electron chi connectivity index (χ3n) is 3.69. The summed E-state index contributed by atoms with van der Waals surface area (Å²) in [6.07, 6.45) is 0. The molecule has 1 heterocycles. The molecule has 1 atom stereocenters. The molecular formula is C18H16Cl2N6O2S. The average molecular weight is 451 g/mol. The number of benzene rings is 2. The molecule has 0 bridgehead atoms. The second-order valence-corrected chi connectivity index (χ2v) is 8.13. The van der Waals surface area contributed by atoms with Gasteiger partial charge in [-0.1, -0.05) is 41.0 Å². The largest absolute Gasteiger partial charge is 0.326 e. The Morgan fingerprint density at radius 2 is 1.93 bits per heavy atom. The highest BCUT2D eigenvalue weighted by molar-refractivity contribution is 8.00. The Balaban J connectivity index is 1.75. The Morgan fingerprint density at radius 3 is 2.69 bits per heavy atom. The van der Waals surface area contributed by atoms with Crippen molar-refractivity contribution < 1.29 is 9.59 Å². The van der Waals surface area contributed by atoms with E-state index in [-0.39, 0.29) is 11.8 Å². The van der Waals surface area contributed by atoms with Crippen molar-refractivity contribution in [3.63, 3.8) is 0 Å². The van der Waals surface area contributed by atoms with E-state index in [1.54, 1.807) is 49.4 Å². The number of carbonyl (C=O) groups is 2. The van der Waals surface area contributed by atoms with Gasteiger partial charge >= 0.3 is 0 Å². The van der Waals surface area contributed by atoms with Crippen LogP contribution in [0.4, 0.5) is 11.4 Å². The van der Waals surface area contributed by atoms with Gasteiger partial charge in [0.25, 0.3) is 0 Å². The van der Waals surface area contributed by atoms with E-state index in [1.807, 2.05) is 0 Å². The molecule has 29 heavy (non-hydrogen) atoms. The van der Waals surface area contributed by atoms with Gasteiger partial charge in [0.2, 0.25) is 17.0 Å². The van der Waals surface area contributed by atoms with Crippen molar-refractivity contribution in [3.8, 4) is 5.69 Å². The normalized spacial score (nSPS) is 11.7. The van der Waals surface area contributed by atoms with Gasteiger partial charge in [-0.15, -0.1) is 5.10 Å². The van der Waals surface area contributed by atoms with E-state index in [9.17, 15) is 9.59 Å². The molecule has 2 amide bonds. The zero-order valence-electron chi connectivity index (χ0n) is 15.4. The van der Waals surface area contributed by atoms with Gasteiger partial charge in [-0.05, 0) is 53.7 Å². The standard InChI is InChI=1S/C18H16Cl2N6O2S/c1-10(17(28)22-16-8-12(19)6-7-15(16)20)29-18-23-24-25-26(18)14-5-3-4-13(9-14)21-11(2)27/h3-10H,1-2H3,(H,21,27)(H,22,28). The number of hydrogen-bond acceptors (Lipinski definition) is 6. The predicted molar refractivity (Wildman–Crippen MR) is 114 cm³/mol. The van der Waals surface area contributed by atoms with Crippen molar-refractivity contribution in [2.24, 2.45) is 0 Å². The molecular weight excluding hydrogens is 435 g/mol. The molecule has 150 valence electrons. The Bertz CT molecular complexity index is 1060. The highest BCUT2D eigenvalue weighted by atomic mass is 35.5. The third kappa shape index (κ3) is 5.47. The number of rotatable bonds is 6. The van der Waals surface area contributed by atoms with E-state index in [0.717, 1.165) is 0 Å². The van der Waals surface area contributed by atoms with Crippen LogP contribution in [0.5, 0.6) is 0 Å². The van der Waals surface area contributed by atoms with Crippen molar-refractivity contribution in [1.82, 2.24) is 20.2 Å². The first-order valence-electron chi connectivity index (χ1n) is 8.42. The lowest BCUT2D eigenvalue weighted by atomic mass is 10.3. The Hall–Kier alpha value is -2.62. The van der Waals surface area contributed by atoms with Gasteiger partial charge in [0, 0.05) is 17.6 Å². The fraction of sp³-hybridized carbons (Fsp3) is 0.167. The summed E-state index contributed by atoms with van der Waals surface area (Å²) in [5, 5.41) is 17.9. The third-order valence-corrected chi connectivity index (χ3v) is 5.29. The molecule has 0 spiro atoms. The summed E-state index contributed by atoms with van der Waals surface area (Å²) in [7, 11) is 0. The zero-order valence-corrected chi connectivity index (χ0v) is 17.7. The van der Waals surface area contributed by atoms with Crippen molar-refractivity contribution in [2.45, 2.75) is 24.3 Å². The Labute approximate surface area is 181 Å². The molecule has 3 aromatic rings. The van der Waals surface area contributed by atoms with Crippen LogP contribution >= 0.6 is 35.0 Å². The number of carbonyl (C=O) groups excluding carboxylic acids is 2. The quantitative estimate of drug-likeness (QED) is 0.549. The maximum Gasteiger partial charge on any atom is 0.237 e. The van der Waals surface area contributed by atoms with Gasteiger partial charge in [-0.25, -0.2) is 0 Å². The summed E-state index contributed by atoms with van der Waals surface area (Å²) in [5.74, 6) is -0.459. The first-order valence-corrected chi connectivity index (χ1v) is 10.1. The van der Waals surface area contributed by atoms with Crippen molar-refractivity contribution in [2.75, 3.05) is 10.6 Å². The molecule has 2 N–H and O–H groups in total. The minimum atomic E-state index is -0.520. The molecule has 11 heteroatoms. The minimum Gasteiger partial charge on any atom is -0.326 e. The Kier molecular flexibility index (Phi) is 6.73. The van der Waals surface area contributed by atoms with E-state index in [1.165, 1.54) is 23.4 Å². The second-order valence-electron chi connectivity index (χ2n) is 5.98. The molecule has 0 saturated carbocycles. The number of tetrazole rings is 1. The van der Waals surface area contributed by atoms with Crippen LogP contribution < -0.4 is 10.6 Å². The predicted octanol–water partition coefficient (Wildman–Crippen LogP) is 4.05. The van der Waals surface area contributed by atoms with Crippen molar-refractivity contribution >= 4 is 58.2 Å². The monoisotopic (exact) mass is 450 g/mol. The van der Waals surface area contributed by atoms with Gasteiger partial charge in [-0.2, -0.15) is 4.68 Å². The van der Waals surface area contributed by atoms with E-state index < -0.39 is 5.25 Å². The molecule has 0 aliphatic carbocycles. The second kappa shape index (κ2) is 9.25. The highest BCUT2D eigenvalue weighted by Gasteiger charge is 2.20. The summed E-state index contributed by atoms with van der Waals surface area (Å²) in [6.45, 7) is 3.16. The molecule has 0 fully saturated rings. The van der Waals surface area contributed by atoms with Gasteiger partial charge in [-0.3, -0.25) is 9.59 Å². The number of hydrogen-bond donors (Lipinski definition) is 2. The average Bonchev–Trinajstić information content (AvgIpc) is 3.12. The molecule has 8 nitrogen and oxygen atoms in total. The van der Waals surface area contributed by atoms with E-state index in [0.29, 0.717) is 32.3 Å². The summed E-state index contributed by atoms with van der Waals surface area (Å²) < 4.78 is 1.49. The fourth-order valence-corrected chi connectivity index (χ4v) is 3.52. The number of aromatic nitrogens is 4. The highest BCUT2D eigenvalue weighted by Crippen LogP contribution is 2.28. The van der Waals surface area contributed by atoms with Crippen molar-refractivity contribution in [1.29, 1.82) is 0 Å². The first-order chi connectivity index (χ1) is 13.8. The molecule has 0 radical (unpaired) electrons. The van der Waals surface area contributed by atoms with E-state index in [4.69, 9.17) is 23.2 Å². The van der Waals surface area contributed by atoms with Crippen LogP contribution in [0.15, 0.2) is 47.6 Å². The maximum absolute atomic E-state index is 12.6. The van der Waals surface area contributed by atoms with E-state index in [2.05, 4.69) is 26.2 Å². The molecule has 0 saturated heterocycles. The van der Waals surface area contributed by atoms with Crippen molar-refractivity contribution in [3.05, 3.63) is 52.5 Å². The smallest absolute Gasteiger partial charge is 0.237 e. The van der Waals surface area contributed by atoms with Crippen LogP contribution in [0, 0.1) is 0 Å². The van der Waals surface area contributed by atoms with Gasteiger partial charge in [0.05, 0.1) is 21.6 Å². The molecule has 1 aromatic heterocycles. The number of halogens is 2. The molecule has 0 aliphatic heterocycles. The lowest BCUT2D eigenvalue weighted by Crippen LogP contribution is -2.23. The summed E-state index contributed by atoms with van der Waals surface area (Å²) in [5.41, 5.74) is 1.69. The van der Waals surface area contributed by atoms with Gasteiger partial charge < -0.3 is 10.6 Å². The number of nitrogens with zero attached hydrogens (tertiary/aromatic N) is 4. The van der Waals surface area contributed by atoms with Crippen LogP contribution in [0.1, 0.15) is 13.8 Å². The molecule has 1 unspecified atom stereocenters. The van der Waals surface area contributed by atoms with Gasteiger partial charge in [0.15, 0.2) is 0 Å². The van der Waals surface area contributed by atoms with Crippen LogP contribution in [-0.4, -0.2) is 37.3 Å². The summed E-state index contributed by atoms with van der Waals surface area (Å²) in [6, 6.07) is 11.9. The maximum atomic E-state index is 12.6. The van der Waals surface area contributed by atoms with Crippen LogP contribution in [0.3, 0.4) is 0 Å². The zero-order chi connectivity index (χ0) is 21.0. The lowest BCUT2D eigenvalue weighted by molar-refractivity contribution is -0.115. The molecule has 3 rings (SSSR count). The van der Waals surface area contributed by atoms with Crippen LogP contribution in [-0.2, 0) is 9.59 Å². The lowest BCUT2D eigenvalue weighted by Gasteiger charge is -2.13. The van der Waals surface area contributed by atoms with Crippen LogP contribution in [0.2, 0.25) is 10.0 Å². The van der Waals surface area contributed by atoms with Crippen LogP contribution in [0.25, 0.3) is 5.69 Å². The Morgan fingerprint density at radius 1 is 1.14 bits per heavy atom. The van der Waals surface area contributed by atoms with Gasteiger partial charge in [0.1, 0.15) is 0 Å². The number of anilines is 2. The molecule has 2 aromatic carbocycles. The number of nitrogens with one attached hydrogen (secondary N) is 2. The topological polar surface area (TPSA) is 102 Å². The first kappa shape index (κ1) is 21.1. The minimum absolute atomic E-state index is 0.182. The number of thioether (sulfide) groups is 1. The number of amides is 2. The molecule has 0 aliphatic rings. The SMILES string of the molecule is CC(=O)Nc1cccc(-n2nnnc2SC(C)C(=O)Nc2cc(Cl)ccc2Cl)c1. The fourth-order valence-electron chi connectivity index (χ4n) is 2.37. The summed E-state index contributed by atoms with van der Waals surface area (Å²) in [4.78, 5) is 23.8.